The van der Waals surface area contributed by atoms with Crippen molar-refractivity contribution in [1.82, 2.24) is 4.98 Å². The molecule has 0 bridgehead atoms. The average Bonchev–Trinajstić information content (AvgIpc) is 2.04. The molecule has 1 aromatic heterocycles. The molecule has 0 aliphatic heterocycles. The Bertz CT molecular complexity index is 316. The summed E-state index contributed by atoms with van der Waals surface area (Å²) in [6.07, 6.45) is 0. The molecule has 1 rings (SSSR count). The standard InChI is InChI=1S/C6H6BrN3O2/c7-5-2-1-4(3-8)6(9-5)10(11)12/h1-2H,3,8H2. The normalized spacial score (nSPS) is 9.83. The molecule has 0 atom stereocenters. The van der Waals surface area contributed by atoms with Crippen LogP contribution in [-0.4, -0.2) is 9.91 Å². The number of halogens is 1. The third kappa shape index (κ3) is 1.77. The van der Waals surface area contributed by atoms with E-state index in [1.165, 1.54) is 0 Å². The Kier molecular flexibility index (Phi) is 2.72. The summed E-state index contributed by atoms with van der Waals surface area (Å²) >= 11 is 3.04. The first-order chi connectivity index (χ1) is 5.65. The molecule has 6 heteroatoms. The number of hydrogen-bond donors (Lipinski definition) is 1. The van der Waals surface area contributed by atoms with Crippen LogP contribution >= 0.6 is 15.9 Å². The first-order valence-corrected chi connectivity index (χ1v) is 3.94. The van der Waals surface area contributed by atoms with Crippen LogP contribution in [0, 0.1) is 10.1 Å². The van der Waals surface area contributed by atoms with Gasteiger partial charge in [-0.15, -0.1) is 0 Å². The highest BCUT2D eigenvalue weighted by molar-refractivity contribution is 9.10. The molecule has 1 heterocycles. The van der Waals surface area contributed by atoms with Gasteiger partial charge in [-0.2, -0.15) is 0 Å². The van der Waals surface area contributed by atoms with Crippen LogP contribution in [0.5, 0.6) is 0 Å². The highest BCUT2D eigenvalue weighted by Gasteiger charge is 2.14. The Labute approximate surface area is 76.9 Å². The monoisotopic (exact) mass is 231 g/mol. The quantitative estimate of drug-likeness (QED) is 0.472. The van der Waals surface area contributed by atoms with E-state index in [1.807, 2.05) is 0 Å². The molecule has 1 aromatic rings. The molecular weight excluding hydrogens is 226 g/mol. The van der Waals surface area contributed by atoms with Crippen LogP contribution in [0.2, 0.25) is 0 Å². The van der Waals surface area contributed by atoms with E-state index in [1.54, 1.807) is 12.1 Å². The molecule has 0 spiro atoms. The lowest BCUT2D eigenvalue weighted by molar-refractivity contribution is -0.390. The summed E-state index contributed by atoms with van der Waals surface area (Å²) in [6.45, 7) is 0.122. The Morgan fingerprint density at radius 1 is 1.67 bits per heavy atom. The molecule has 0 unspecified atom stereocenters. The fourth-order valence-electron chi connectivity index (χ4n) is 0.772. The fraction of sp³-hybridized carbons (Fsp3) is 0.167. The lowest BCUT2D eigenvalue weighted by Gasteiger charge is -1.97. The van der Waals surface area contributed by atoms with Crippen LogP contribution in [0.1, 0.15) is 5.56 Å². The van der Waals surface area contributed by atoms with Gasteiger partial charge in [0.2, 0.25) is 4.60 Å². The summed E-state index contributed by atoms with van der Waals surface area (Å²) in [5, 5.41) is 10.4. The maximum Gasteiger partial charge on any atom is 0.369 e. The second-order valence-electron chi connectivity index (χ2n) is 2.08. The van der Waals surface area contributed by atoms with E-state index in [0.29, 0.717) is 10.2 Å². The van der Waals surface area contributed by atoms with Gasteiger partial charge in [0.1, 0.15) is 0 Å². The van der Waals surface area contributed by atoms with Crippen molar-refractivity contribution in [2.45, 2.75) is 6.54 Å². The predicted octanol–water partition coefficient (Wildman–Crippen LogP) is 1.21. The van der Waals surface area contributed by atoms with Crippen molar-refractivity contribution in [2.24, 2.45) is 5.73 Å². The van der Waals surface area contributed by atoms with Crippen molar-refractivity contribution < 1.29 is 4.92 Å². The molecule has 5 nitrogen and oxygen atoms in total. The molecule has 0 aliphatic rings. The van der Waals surface area contributed by atoms with Crippen LogP contribution in [0.4, 0.5) is 5.82 Å². The molecule has 0 amide bonds. The molecule has 0 aromatic carbocycles. The number of hydrogen-bond acceptors (Lipinski definition) is 4. The third-order valence-electron chi connectivity index (χ3n) is 1.31. The SMILES string of the molecule is NCc1ccc(Br)nc1[N+](=O)[O-]. The minimum Gasteiger partial charge on any atom is -0.358 e. The van der Waals surface area contributed by atoms with Gasteiger partial charge in [0.15, 0.2) is 0 Å². The van der Waals surface area contributed by atoms with Gasteiger partial charge in [0.25, 0.3) is 0 Å². The zero-order chi connectivity index (χ0) is 9.14. The Morgan fingerprint density at radius 3 is 2.83 bits per heavy atom. The molecular formula is C6H6BrN3O2. The van der Waals surface area contributed by atoms with Crippen LogP contribution in [-0.2, 0) is 6.54 Å². The highest BCUT2D eigenvalue weighted by Crippen LogP contribution is 2.17. The summed E-state index contributed by atoms with van der Waals surface area (Å²) < 4.78 is 0.436. The summed E-state index contributed by atoms with van der Waals surface area (Å²) in [5.41, 5.74) is 5.71. The molecule has 0 fully saturated rings. The second-order valence-corrected chi connectivity index (χ2v) is 2.89. The summed E-state index contributed by atoms with van der Waals surface area (Å²) in [5.74, 6) is -0.188. The number of nitrogens with two attached hydrogens (primary N) is 1. The lowest BCUT2D eigenvalue weighted by atomic mass is 10.2. The zero-order valence-electron chi connectivity index (χ0n) is 6.03. The summed E-state index contributed by atoms with van der Waals surface area (Å²) in [4.78, 5) is 13.5. The van der Waals surface area contributed by atoms with E-state index in [2.05, 4.69) is 20.9 Å². The van der Waals surface area contributed by atoms with Crippen LogP contribution < -0.4 is 5.73 Å². The minimum atomic E-state index is -0.549. The van der Waals surface area contributed by atoms with E-state index >= 15 is 0 Å². The topological polar surface area (TPSA) is 82.0 Å². The summed E-state index contributed by atoms with van der Waals surface area (Å²) in [7, 11) is 0. The molecule has 2 N–H and O–H groups in total. The smallest absolute Gasteiger partial charge is 0.358 e. The van der Waals surface area contributed by atoms with Crippen LogP contribution in [0.15, 0.2) is 16.7 Å². The van der Waals surface area contributed by atoms with Crippen LogP contribution in [0.3, 0.4) is 0 Å². The van der Waals surface area contributed by atoms with Crippen molar-refractivity contribution >= 4 is 21.7 Å². The van der Waals surface area contributed by atoms with Gasteiger partial charge in [0.05, 0.1) is 5.56 Å². The molecule has 0 saturated carbocycles. The number of aromatic nitrogens is 1. The molecule has 0 saturated heterocycles. The van der Waals surface area contributed by atoms with Gasteiger partial charge in [-0.25, -0.2) is 0 Å². The molecule has 12 heavy (non-hydrogen) atoms. The third-order valence-corrected chi connectivity index (χ3v) is 1.76. The maximum atomic E-state index is 10.4. The van der Waals surface area contributed by atoms with Gasteiger partial charge < -0.3 is 15.8 Å². The van der Waals surface area contributed by atoms with Crippen molar-refractivity contribution in [3.05, 3.63) is 32.4 Å². The number of nitrogens with zero attached hydrogens (tertiary/aromatic N) is 2. The Morgan fingerprint density at radius 2 is 2.33 bits per heavy atom. The van der Waals surface area contributed by atoms with E-state index < -0.39 is 4.92 Å². The zero-order valence-corrected chi connectivity index (χ0v) is 7.61. The van der Waals surface area contributed by atoms with Crippen LogP contribution in [0.25, 0.3) is 0 Å². The van der Waals surface area contributed by atoms with Gasteiger partial charge in [-0.05, 0) is 22.0 Å². The number of rotatable bonds is 2. The van der Waals surface area contributed by atoms with Crippen molar-refractivity contribution in [3.63, 3.8) is 0 Å². The van der Waals surface area contributed by atoms with Gasteiger partial charge >= 0.3 is 5.82 Å². The van der Waals surface area contributed by atoms with Gasteiger partial charge in [-0.3, -0.25) is 0 Å². The first kappa shape index (κ1) is 9.08. The van der Waals surface area contributed by atoms with Crippen molar-refractivity contribution in [2.75, 3.05) is 0 Å². The van der Waals surface area contributed by atoms with Gasteiger partial charge in [-0.1, -0.05) is 0 Å². The Balaban J connectivity index is 3.21. The fourth-order valence-corrected chi connectivity index (χ4v) is 1.07. The molecule has 64 valence electrons. The van der Waals surface area contributed by atoms with E-state index in [-0.39, 0.29) is 12.4 Å². The van der Waals surface area contributed by atoms with E-state index in [0.717, 1.165) is 0 Å². The lowest BCUT2D eigenvalue weighted by Crippen LogP contribution is -2.03. The summed E-state index contributed by atoms with van der Waals surface area (Å²) in [6, 6.07) is 3.20. The first-order valence-electron chi connectivity index (χ1n) is 3.15. The minimum absolute atomic E-state index is 0.122. The van der Waals surface area contributed by atoms with E-state index in [4.69, 9.17) is 5.73 Å². The number of pyridine rings is 1. The van der Waals surface area contributed by atoms with Crippen molar-refractivity contribution in [1.29, 1.82) is 0 Å². The largest absolute Gasteiger partial charge is 0.369 e. The molecule has 0 aliphatic carbocycles. The maximum absolute atomic E-state index is 10.4. The molecule has 0 radical (unpaired) electrons. The average molecular weight is 232 g/mol. The highest BCUT2D eigenvalue weighted by atomic mass is 79.9. The Hall–Kier alpha value is -1.01. The second kappa shape index (κ2) is 3.59. The predicted molar refractivity (Wildman–Crippen MR) is 46.5 cm³/mol. The van der Waals surface area contributed by atoms with Crippen molar-refractivity contribution in [3.8, 4) is 0 Å². The van der Waals surface area contributed by atoms with E-state index in [9.17, 15) is 10.1 Å². The number of nitro groups is 1. The van der Waals surface area contributed by atoms with Gasteiger partial charge in [0, 0.05) is 22.5 Å².